The zero-order chi connectivity index (χ0) is 15.1. The molecule has 1 aromatic heterocycles. The van der Waals surface area contributed by atoms with Gasteiger partial charge in [-0.1, -0.05) is 12.1 Å². The molecule has 114 valence electrons. The Labute approximate surface area is 128 Å². The third kappa shape index (κ3) is 2.36. The largest absolute Gasteiger partial charge is 0.462 e. The van der Waals surface area contributed by atoms with Crippen LogP contribution in [0, 0.1) is 5.92 Å². The van der Waals surface area contributed by atoms with E-state index in [1.54, 1.807) is 6.07 Å². The molecule has 2 fully saturated rings. The summed E-state index contributed by atoms with van der Waals surface area (Å²) >= 11 is 0. The second-order valence-corrected chi connectivity index (χ2v) is 6.19. The lowest BCUT2D eigenvalue weighted by Gasteiger charge is -2.15. The molecule has 0 bridgehead atoms. The van der Waals surface area contributed by atoms with E-state index in [0.29, 0.717) is 24.6 Å². The van der Waals surface area contributed by atoms with Crippen molar-refractivity contribution in [3.63, 3.8) is 0 Å². The van der Waals surface area contributed by atoms with Crippen molar-refractivity contribution in [1.29, 1.82) is 0 Å². The number of aromatic amines is 1. The molecule has 5 nitrogen and oxygen atoms in total. The number of benzene rings is 1. The fourth-order valence-corrected chi connectivity index (χ4v) is 3.19. The number of amides is 1. The highest BCUT2D eigenvalue weighted by atomic mass is 16.5. The lowest BCUT2D eigenvalue weighted by Crippen LogP contribution is -2.27. The summed E-state index contributed by atoms with van der Waals surface area (Å²) in [4.78, 5) is 29.2. The van der Waals surface area contributed by atoms with E-state index in [0.717, 1.165) is 30.3 Å². The Morgan fingerprint density at radius 1 is 1.32 bits per heavy atom. The molecule has 22 heavy (non-hydrogen) atoms. The van der Waals surface area contributed by atoms with Crippen LogP contribution in [0.25, 0.3) is 10.9 Å². The molecule has 2 aliphatic rings. The molecule has 2 heterocycles. The van der Waals surface area contributed by atoms with E-state index in [9.17, 15) is 9.59 Å². The number of para-hydroxylation sites is 1. The molecule has 0 unspecified atom stereocenters. The van der Waals surface area contributed by atoms with Gasteiger partial charge in [0.15, 0.2) is 0 Å². The standard InChI is InChI=1S/C17H18N2O3/c20-15-8-11(9-19(15)13-4-5-13)10-22-17(21)14-3-1-2-12-6-7-18-16(12)14/h1-3,6-7,11,13,18H,4-5,8-10H2/t11-/m1/s1. The smallest absolute Gasteiger partial charge is 0.340 e. The van der Waals surface area contributed by atoms with Crippen LogP contribution in [0.4, 0.5) is 0 Å². The van der Waals surface area contributed by atoms with Crippen molar-refractivity contribution in [2.24, 2.45) is 5.92 Å². The fraction of sp³-hybridized carbons (Fsp3) is 0.412. The van der Waals surface area contributed by atoms with Crippen LogP contribution in [0.3, 0.4) is 0 Å². The lowest BCUT2D eigenvalue weighted by molar-refractivity contribution is -0.128. The maximum Gasteiger partial charge on any atom is 0.340 e. The Morgan fingerprint density at radius 3 is 3.00 bits per heavy atom. The van der Waals surface area contributed by atoms with Gasteiger partial charge in [0.2, 0.25) is 5.91 Å². The summed E-state index contributed by atoms with van der Waals surface area (Å²) in [6.07, 6.45) is 4.54. The van der Waals surface area contributed by atoms with Gasteiger partial charge in [-0.2, -0.15) is 0 Å². The number of likely N-dealkylation sites (tertiary alicyclic amines) is 1. The number of hydrogen-bond donors (Lipinski definition) is 1. The molecule has 1 saturated carbocycles. The summed E-state index contributed by atoms with van der Waals surface area (Å²) in [5.74, 6) is 0.000263. The first-order valence-corrected chi connectivity index (χ1v) is 7.75. The van der Waals surface area contributed by atoms with E-state index < -0.39 is 0 Å². The molecule has 0 spiro atoms. The van der Waals surface area contributed by atoms with Gasteiger partial charge in [0.05, 0.1) is 17.7 Å². The monoisotopic (exact) mass is 298 g/mol. The Bertz CT molecular complexity index is 732. The Morgan fingerprint density at radius 2 is 2.18 bits per heavy atom. The van der Waals surface area contributed by atoms with Crippen LogP contribution in [-0.4, -0.2) is 41.0 Å². The van der Waals surface area contributed by atoms with Crippen molar-refractivity contribution < 1.29 is 14.3 Å². The van der Waals surface area contributed by atoms with Crippen LogP contribution in [0.1, 0.15) is 29.6 Å². The molecule has 1 N–H and O–H groups in total. The second-order valence-electron chi connectivity index (χ2n) is 6.19. The Kier molecular flexibility index (Phi) is 3.13. The van der Waals surface area contributed by atoms with Crippen molar-refractivity contribution >= 4 is 22.8 Å². The predicted molar refractivity (Wildman–Crippen MR) is 81.4 cm³/mol. The molecule has 1 amide bonds. The van der Waals surface area contributed by atoms with Gasteiger partial charge in [0.25, 0.3) is 0 Å². The predicted octanol–water partition coefficient (Wildman–Crippen LogP) is 2.34. The van der Waals surface area contributed by atoms with Crippen LogP contribution in [0.5, 0.6) is 0 Å². The minimum absolute atomic E-state index is 0.125. The van der Waals surface area contributed by atoms with Crippen LogP contribution in [-0.2, 0) is 9.53 Å². The van der Waals surface area contributed by atoms with Gasteiger partial charge in [0, 0.05) is 36.5 Å². The zero-order valence-corrected chi connectivity index (χ0v) is 12.2. The van der Waals surface area contributed by atoms with E-state index in [4.69, 9.17) is 4.74 Å². The summed E-state index contributed by atoms with van der Waals surface area (Å²) in [6, 6.07) is 7.93. The molecular weight excluding hydrogens is 280 g/mol. The quantitative estimate of drug-likeness (QED) is 0.881. The molecule has 2 aromatic rings. The zero-order valence-electron chi connectivity index (χ0n) is 12.2. The topological polar surface area (TPSA) is 62.4 Å². The van der Waals surface area contributed by atoms with Crippen LogP contribution >= 0.6 is 0 Å². The van der Waals surface area contributed by atoms with E-state index in [1.165, 1.54) is 0 Å². The lowest BCUT2D eigenvalue weighted by atomic mass is 10.1. The van der Waals surface area contributed by atoms with Gasteiger partial charge in [-0.25, -0.2) is 4.79 Å². The first-order valence-electron chi connectivity index (χ1n) is 7.75. The number of esters is 1. The maximum atomic E-state index is 12.3. The fourth-order valence-electron chi connectivity index (χ4n) is 3.19. The number of fused-ring (bicyclic) bond motifs is 1. The molecule has 1 aromatic carbocycles. The van der Waals surface area contributed by atoms with Crippen molar-refractivity contribution in [3.05, 3.63) is 36.0 Å². The minimum atomic E-state index is -0.328. The van der Waals surface area contributed by atoms with E-state index >= 15 is 0 Å². The van der Waals surface area contributed by atoms with Gasteiger partial charge in [-0.3, -0.25) is 4.79 Å². The van der Waals surface area contributed by atoms with E-state index in [1.807, 2.05) is 29.3 Å². The average molecular weight is 298 g/mol. The minimum Gasteiger partial charge on any atom is -0.462 e. The third-order valence-electron chi connectivity index (χ3n) is 4.48. The highest BCUT2D eigenvalue weighted by molar-refractivity contribution is 6.02. The Balaban J connectivity index is 1.40. The molecule has 1 aliphatic carbocycles. The highest BCUT2D eigenvalue weighted by Crippen LogP contribution is 2.32. The van der Waals surface area contributed by atoms with E-state index in [-0.39, 0.29) is 17.8 Å². The van der Waals surface area contributed by atoms with E-state index in [2.05, 4.69) is 4.98 Å². The number of H-pyrrole nitrogens is 1. The normalized spacial score (nSPS) is 21.5. The van der Waals surface area contributed by atoms with Gasteiger partial charge in [-0.15, -0.1) is 0 Å². The maximum absolute atomic E-state index is 12.3. The second kappa shape index (κ2) is 5.16. The van der Waals surface area contributed by atoms with Gasteiger partial charge in [-0.05, 0) is 25.0 Å². The summed E-state index contributed by atoms with van der Waals surface area (Å²) in [5, 5.41) is 0.991. The van der Waals surface area contributed by atoms with Crippen molar-refractivity contribution in [3.8, 4) is 0 Å². The third-order valence-corrected chi connectivity index (χ3v) is 4.48. The highest BCUT2D eigenvalue weighted by Gasteiger charge is 2.39. The number of carbonyl (C=O) groups is 2. The van der Waals surface area contributed by atoms with Gasteiger partial charge in [0.1, 0.15) is 0 Å². The summed E-state index contributed by atoms with van der Waals surface area (Å²) < 4.78 is 5.45. The number of carbonyl (C=O) groups excluding carboxylic acids is 2. The van der Waals surface area contributed by atoms with Crippen molar-refractivity contribution in [2.45, 2.75) is 25.3 Å². The summed E-state index contributed by atoms with van der Waals surface area (Å²) in [7, 11) is 0. The molecular formula is C17H18N2O3. The molecule has 4 rings (SSSR count). The first kappa shape index (κ1) is 13.4. The number of hydrogen-bond acceptors (Lipinski definition) is 3. The molecule has 1 saturated heterocycles. The summed E-state index contributed by atoms with van der Waals surface area (Å²) in [5.41, 5.74) is 1.35. The van der Waals surface area contributed by atoms with Crippen LogP contribution in [0.15, 0.2) is 30.5 Å². The molecule has 1 aliphatic heterocycles. The van der Waals surface area contributed by atoms with Gasteiger partial charge >= 0.3 is 5.97 Å². The SMILES string of the molecule is O=C(OC[C@@H]1CC(=O)N(C2CC2)C1)c1cccc2cc[nH]c12. The average Bonchev–Trinajstić information content (AvgIpc) is 3.12. The number of aromatic nitrogens is 1. The number of nitrogens with zero attached hydrogens (tertiary/aromatic N) is 1. The van der Waals surface area contributed by atoms with Crippen LogP contribution < -0.4 is 0 Å². The first-order chi connectivity index (χ1) is 10.7. The Hall–Kier alpha value is -2.30. The molecule has 0 radical (unpaired) electrons. The van der Waals surface area contributed by atoms with Crippen molar-refractivity contribution in [1.82, 2.24) is 9.88 Å². The van der Waals surface area contributed by atoms with Crippen molar-refractivity contribution in [2.75, 3.05) is 13.2 Å². The van der Waals surface area contributed by atoms with Gasteiger partial charge < -0.3 is 14.6 Å². The number of ether oxygens (including phenoxy) is 1. The molecule has 1 atom stereocenters. The number of rotatable bonds is 4. The number of nitrogens with one attached hydrogen (secondary N) is 1. The van der Waals surface area contributed by atoms with Crippen LogP contribution in [0.2, 0.25) is 0 Å². The molecule has 5 heteroatoms. The summed E-state index contributed by atoms with van der Waals surface area (Å²) in [6.45, 7) is 1.04.